The predicted molar refractivity (Wildman–Crippen MR) is 67.0 cm³/mol. The van der Waals surface area contributed by atoms with Crippen molar-refractivity contribution < 1.29 is 22.4 Å². The van der Waals surface area contributed by atoms with Crippen LogP contribution in [-0.2, 0) is 11.0 Å². The number of halogens is 4. The molecule has 0 unspecified atom stereocenters. The molecule has 4 nitrogen and oxygen atoms in total. The van der Waals surface area contributed by atoms with E-state index in [-0.39, 0.29) is 17.2 Å². The molecule has 1 aliphatic heterocycles. The fourth-order valence-electron chi connectivity index (χ4n) is 1.37. The van der Waals surface area contributed by atoms with E-state index in [0.29, 0.717) is 17.3 Å². The second-order valence-corrected chi connectivity index (χ2v) is 4.69. The Morgan fingerprint density at radius 1 is 1.35 bits per heavy atom. The van der Waals surface area contributed by atoms with Gasteiger partial charge in [0, 0.05) is 0 Å². The Bertz CT molecular complexity index is 598. The summed E-state index contributed by atoms with van der Waals surface area (Å²) in [5, 5.41) is 9.92. The number of carbonyl (C=O) groups excluding carboxylic acids is 1. The van der Waals surface area contributed by atoms with Gasteiger partial charge < -0.3 is 5.32 Å². The minimum absolute atomic E-state index is 0.133. The van der Waals surface area contributed by atoms with Crippen LogP contribution in [0.25, 0.3) is 0 Å². The van der Waals surface area contributed by atoms with Crippen molar-refractivity contribution in [2.24, 2.45) is 10.2 Å². The van der Waals surface area contributed by atoms with E-state index in [4.69, 9.17) is 0 Å². The molecule has 1 aromatic rings. The SMILES string of the molecule is O=C1CSC(=NN=Cc2ccc(C(F)(F)F)c(F)c2)N1. The first kappa shape index (κ1) is 14.5. The van der Waals surface area contributed by atoms with Crippen LogP contribution in [0, 0.1) is 5.82 Å². The molecule has 0 bridgehead atoms. The smallest absolute Gasteiger partial charge is 0.303 e. The normalized spacial score (nSPS) is 18.0. The fraction of sp³-hybridized carbons (Fsp3) is 0.182. The molecule has 1 saturated heterocycles. The first-order valence-corrected chi connectivity index (χ1v) is 6.25. The van der Waals surface area contributed by atoms with Crippen molar-refractivity contribution in [3.05, 3.63) is 35.1 Å². The quantitative estimate of drug-likeness (QED) is 0.518. The third-order valence-corrected chi connectivity index (χ3v) is 3.10. The summed E-state index contributed by atoms with van der Waals surface area (Å²) < 4.78 is 50.3. The number of thioether (sulfide) groups is 1. The number of nitrogens with one attached hydrogen (secondary N) is 1. The Morgan fingerprint density at radius 2 is 2.10 bits per heavy atom. The zero-order valence-corrected chi connectivity index (χ0v) is 10.6. The number of hydrogen-bond donors (Lipinski definition) is 1. The number of alkyl halides is 3. The molecule has 1 amide bonds. The molecule has 106 valence electrons. The Labute approximate surface area is 115 Å². The van der Waals surface area contributed by atoms with Crippen molar-refractivity contribution in [2.75, 3.05) is 5.75 Å². The van der Waals surface area contributed by atoms with E-state index < -0.39 is 17.6 Å². The van der Waals surface area contributed by atoms with E-state index >= 15 is 0 Å². The Hall–Kier alpha value is -1.90. The van der Waals surface area contributed by atoms with E-state index in [1.807, 2.05) is 0 Å². The molecule has 1 fully saturated rings. The molecule has 20 heavy (non-hydrogen) atoms. The molecule has 9 heteroatoms. The third kappa shape index (κ3) is 3.56. The minimum Gasteiger partial charge on any atom is -0.303 e. The zero-order valence-electron chi connectivity index (χ0n) is 9.74. The van der Waals surface area contributed by atoms with Crippen LogP contribution in [0.5, 0.6) is 0 Å². The molecule has 0 atom stereocenters. The van der Waals surface area contributed by atoms with Crippen LogP contribution < -0.4 is 5.32 Å². The summed E-state index contributed by atoms with van der Waals surface area (Å²) in [5.41, 5.74) is -1.20. The van der Waals surface area contributed by atoms with Crippen LogP contribution >= 0.6 is 11.8 Å². The highest BCUT2D eigenvalue weighted by molar-refractivity contribution is 8.15. The summed E-state index contributed by atoms with van der Waals surface area (Å²) in [4.78, 5) is 10.8. The van der Waals surface area contributed by atoms with Crippen molar-refractivity contribution in [1.29, 1.82) is 0 Å². The van der Waals surface area contributed by atoms with Crippen molar-refractivity contribution in [3.8, 4) is 0 Å². The highest BCUT2D eigenvalue weighted by Gasteiger charge is 2.33. The molecule has 0 aliphatic carbocycles. The second kappa shape index (κ2) is 5.61. The topological polar surface area (TPSA) is 53.8 Å². The molecule has 0 aromatic heterocycles. The Morgan fingerprint density at radius 3 is 2.65 bits per heavy atom. The molecule has 0 spiro atoms. The van der Waals surface area contributed by atoms with E-state index in [9.17, 15) is 22.4 Å². The van der Waals surface area contributed by atoms with Crippen LogP contribution in [0.4, 0.5) is 17.6 Å². The third-order valence-electron chi connectivity index (χ3n) is 2.24. The highest BCUT2D eigenvalue weighted by Crippen LogP contribution is 2.31. The lowest BCUT2D eigenvalue weighted by Gasteiger charge is -2.07. The number of hydrogen-bond acceptors (Lipinski definition) is 4. The molecular formula is C11H7F4N3OS. The van der Waals surface area contributed by atoms with Gasteiger partial charge in [0.1, 0.15) is 5.82 Å². The molecule has 1 aliphatic rings. The van der Waals surface area contributed by atoms with Gasteiger partial charge in [-0.1, -0.05) is 17.8 Å². The standard InChI is InChI=1S/C11H7F4N3OS/c12-8-3-6(1-2-7(8)11(13,14)15)4-16-18-10-17-9(19)5-20-10/h1-4H,5H2,(H,17,18,19). The predicted octanol–water partition coefficient (Wildman–Crippen LogP) is 2.40. The van der Waals surface area contributed by atoms with Gasteiger partial charge in [0.25, 0.3) is 0 Å². The van der Waals surface area contributed by atoms with Crippen LogP contribution in [0.3, 0.4) is 0 Å². The maximum Gasteiger partial charge on any atom is 0.419 e. The number of benzene rings is 1. The number of amidine groups is 1. The summed E-state index contributed by atoms with van der Waals surface area (Å²) in [6, 6.07) is 2.43. The molecule has 0 saturated carbocycles. The van der Waals surface area contributed by atoms with Crippen LogP contribution in [0.2, 0.25) is 0 Å². The first-order valence-electron chi connectivity index (χ1n) is 5.26. The van der Waals surface area contributed by atoms with E-state index in [2.05, 4.69) is 15.5 Å². The van der Waals surface area contributed by atoms with Gasteiger partial charge in [-0.15, -0.1) is 5.10 Å². The van der Waals surface area contributed by atoms with E-state index in [1.165, 1.54) is 0 Å². The van der Waals surface area contributed by atoms with Crippen LogP contribution in [-0.4, -0.2) is 23.0 Å². The van der Waals surface area contributed by atoms with Crippen molar-refractivity contribution in [1.82, 2.24) is 5.32 Å². The average Bonchev–Trinajstić information content (AvgIpc) is 2.73. The van der Waals surface area contributed by atoms with Gasteiger partial charge in [0.15, 0.2) is 5.17 Å². The van der Waals surface area contributed by atoms with Gasteiger partial charge in [-0.25, -0.2) is 4.39 Å². The van der Waals surface area contributed by atoms with Crippen LogP contribution in [0.1, 0.15) is 11.1 Å². The largest absolute Gasteiger partial charge is 0.419 e. The molecule has 2 rings (SSSR count). The summed E-state index contributed by atoms with van der Waals surface area (Å²) in [6.07, 6.45) is -3.63. The first-order chi connectivity index (χ1) is 9.36. The number of carbonyl (C=O) groups is 1. The van der Waals surface area contributed by atoms with Gasteiger partial charge >= 0.3 is 6.18 Å². The average molecular weight is 305 g/mol. The maximum absolute atomic E-state index is 13.2. The van der Waals surface area contributed by atoms with Gasteiger partial charge in [-0.2, -0.15) is 18.3 Å². The van der Waals surface area contributed by atoms with Gasteiger partial charge in [0.05, 0.1) is 17.5 Å². The van der Waals surface area contributed by atoms with Gasteiger partial charge in [-0.3, -0.25) is 4.79 Å². The number of amides is 1. The molecule has 1 heterocycles. The Balaban J connectivity index is 2.11. The van der Waals surface area contributed by atoms with E-state index in [0.717, 1.165) is 24.0 Å². The summed E-state index contributed by atoms with van der Waals surface area (Å²) in [6.45, 7) is 0. The number of rotatable bonds is 2. The Kier molecular flexibility index (Phi) is 4.07. The molecule has 1 aromatic carbocycles. The highest BCUT2D eigenvalue weighted by atomic mass is 32.2. The van der Waals surface area contributed by atoms with E-state index in [1.54, 1.807) is 0 Å². The lowest BCUT2D eigenvalue weighted by atomic mass is 10.1. The van der Waals surface area contributed by atoms with Gasteiger partial charge in [-0.05, 0) is 17.7 Å². The lowest BCUT2D eigenvalue weighted by molar-refractivity contribution is -0.140. The monoisotopic (exact) mass is 305 g/mol. The lowest BCUT2D eigenvalue weighted by Crippen LogP contribution is -2.19. The summed E-state index contributed by atoms with van der Waals surface area (Å²) in [7, 11) is 0. The molecule has 0 radical (unpaired) electrons. The summed E-state index contributed by atoms with van der Waals surface area (Å²) in [5.74, 6) is -1.34. The molecule has 1 N–H and O–H groups in total. The van der Waals surface area contributed by atoms with Crippen molar-refractivity contribution in [2.45, 2.75) is 6.18 Å². The van der Waals surface area contributed by atoms with Crippen LogP contribution in [0.15, 0.2) is 28.4 Å². The second-order valence-electron chi connectivity index (χ2n) is 3.72. The fourth-order valence-corrected chi connectivity index (χ4v) is 2.00. The minimum atomic E-state index is -4.73. The zero-order chi connectivity index (χ0) is 14.8. The molecular weight excluding hydrogens is 298 g/mol. The van der Waals surface area contributed by atoms with Gasteiger partial charge in [0.2, 0.25) is 5.91 Å². The summed E-state index contributed by atoms with van der Waals surface area (Å²) >= 11 is 1.15. The maximum atomic E-state index is 13.2. The number of nitrogens with zero attached hydrogens (tertiary/aromatic N) is 2. The van der Waals surface area contributed by atoms with Crippen molar-refractivity contribution >= 4 is 29.1 Å². The van der Waals surface area contributed by atoms with Crippen molar-refractivity contribution in [3.63, 3.8) is 0 Å².